The van der Waals surface area contributed by atoms with Crippen molar-refractivity contribution in [3.05, 3.63) is 74.7 Å². The highest BCUT2D eigenvalue weighted by Crippen LogP contribution is 2.26. The second-order valence-corrected chi connectivity index (χ2v) is 6.63. The van der Waals surface area contributed by atoms with Gasteiger partial charge >= 0.3 is 0 Å². The van der Waals surface area contributed by atoms with Crippen LogP contribution >= 0.6 is 11.6 Å². The van der Waals surface area contributed by atoms with Gasteiger partial charge in [-0.3, -0.25) is 9.69 Å². The number of aromatic amines is 1. The fourth-order valence-corrected chi connectivity index (χ4v) is 3.32. The molecule has 4 rings (SSSR count). The van der Waals surface area contributed by atoms with Crippen LogP contribution in [0.15, 0.2) is 35.6 Å². The van der Waals surface area contributed by atoms with Crippen molar-refractivity contribution in [3.8, 4) is 11.4 Å². The molecule has 1 aliphatic heterocycles. The second kappa shape index (κ2) is 7.13. The van der Waals surface area contributed by atoms with Gasteiger partial charge in [-0.2, -0.15) is 0 Å². The van der Waals surface area contributed by atoms with Crippen molar-refractivity contribution in [1.82, 2.24) is 24.8 Å². The number of hydrogen-bond donors (Lipinski definition) is 1. The Bertz CT molecular complexity index is 1060. The third-order valence-electron chi connectivity index (χ3n) is 4.50. The molecule has 2 aromatic heterocycles. The molecule has 138 valence electrons. The minimum atomic E-state index is -0.667. The highest BCUT2D eigenvalue weighted by Gasteiger charge is 2.24. The van der Waals surface area contributed by atoms with Crippen LogP contribution in [0.5, 0.6) is 0 Å². The third-order valence-corrected chi connectivity index (χ3v) is 4.91. The number of aromatic nitrogens is 4. The number of nitrogens with zero attached hydrogens (tertiary/aromatic N) is 4. The number of rotatable bonds is 3. The van der Waals surface area contributed by atoms with Crippen LogP contribution in [-0.4, -0.2) is 31.4 Å². The van der Waals surface area contributed by atoms with Gasteiger partial charge in [0.15, 0.2) is 0 Å². The van der Waals surface area contributed by atoms with Crippen molar-refractivity contribution < 1.29 is 8.78 Å². The van der Waals surface area contributed by atoms with E-state index < -0.39 is 11.6 Å². The molecule has 0 atom stereocenters. The van der Waals surface area contributed by atoms with E-state index in [1.165, 1.54) is 6.33 Å². The zero-order chi connectivity index (χ0) is 19.0. The van der Waals surface area contributed by atoms with Crippen molar-refractivity contribution >= 4 is 11.6 Å². The van der Waals surface area contributed by atoms with Crippen molar-refractivity contribution in [1.29, 1.82) is 0 Å². The molecule has 1 N–H and O–H groups in total. The van der Waals surface area contributed by atoms with E-state index >= 15 is 0 Å². The molecule has 3 heterocycles. The summed E-state index contributed by atoms with van der Waals surface area (Å²) in [5.74, 6) is -0.828. The van der Waals surface area contributed by atoms with Crippen LogP contribution in [0.3, 0.4) is 0 Å². The largest absolute Gasteiger partial charge is 0.306 e. The molecule has 0 spiro atoms. The molecular weight excluding hydrogens is 376 g/mol. The molecule has 0 radical (unpaired) electrons. The standard InChI is InChI=1S/C18H14ClF2N5O/c19-16-11(13(20)1-2-14(16)21)7-26-4-3-15-12(8-26)18(27)25-17(24-15)10-5-22-9-23-6-10/h1-2,5-6,9H,3-4,7-8H2,(H,24,25,27). The maximum absolute atomic E-state index is 14.0. The molecule has 3 aromatic rings. The van der Waals surface area contributed by atoms with Gasteiger partial charge in [-0.25, -0.2) is 23.7 Å². The van der Waals surface area contributed by atoms with Gasteiger partial charge in [-0.05, 0) is 12.1 Å². The quantitative estimate of drug-likeness (QED) is 0.697. The summed E-state index contributed by atoms with van der Waals surface area (Å²) in [6, 6.07) is 2.05. The first kappa shape index (κ1) is 17.7. The predicted molar refractivity (Wildman–Crippen MR) is 95.1 cm³/mol. The maximum Gasteiger partial charge on any atom is 0.255 e. The minimum Gasteiger partial charge on any atom is -0.306 e. The average Bonchev–Trinajstić information content (AvgIpc) is 2.69. The van der Waals surface area contributed by atoms with Crippen LogP contribution in [0.4, 0.5) is 8.78 Å². The molecule has 1 aromatic carbocycles. The Balaban J connectivity index is 1.61. The molecule has 0 saturated heterocycles. The molecule has 0 unspecified atom stereocenters. The molecule has 0 saturated carbocycles. The molecule has 9 heteroatoms. The Morgan fingerprint density at radius 3 is 2.70 bits per heavy atom. The topological polar surface area (TPSA) is 74.8 Å². The van der Waals surface area contributed by atoms with Crippen molar-refractivity contribution in [3.63, 3.8) is 0 Å². The lowest BCUT2D eigenvalue weighted by molar-refractivity contribution is 0.238. The van der Waals surface area contributed by atoms with Crippen LogP contribution in [0.2, 0.25) is 5.02 Å². The van der Waals surface area contributed by atoms with E-state index in [0.717, 1.165) is 12.1 Å². The summed E-state index contributed by atoms with van der Waals surface area (Å²) in [7, 11) is 0. The number of benzene rings is 1. The van der Waals surface area contributed by atoms with Gasteiger partial charge in [0.25, 0.3) is 5.56 Å². The monoisotopic (exact) mass is 389 g/mol. The van der Waals surface area contributed by atoms with E-state index in [2.05, 4.69) is 19.9 Å². The molecule has 0 amide bonds. The Morgan fingerprint density at radius 2 is 1.93 bits per heavy atom. The highest BCUT2D eigenvalue weighted by atomic mass is 35.5. The Morgan fingerprint density at radius 1 is 1.19 bits per heavy atom. The lowest BCUT2D eigenvalue weighted by Gasteiger charge is -2.28. The molecule has 27 heavy (non-hydrogen) atoms. The molecule has 0 bridgehead atoms. The van der Waals surface area contributed by atoms with E-state index in [-0.39, 0.29) is 29.2 Å². The predicted octanol–water partition coefficient (Wildman–Crippen LogP) is 2.72. The van der Waals surface area contributed by atoms with Crippen LogP contribution in [0.1, 0.15) is 16.8 Å². The van der Waals surface area contributed by atoms with Gasteiger partial charge in [-0.15, -0.1) is 0 Å². The summed E-state index contributed by atoms with van der Waals surface area (Å²) in [5.41, 5.74) is 1.62. The van der Waals surface area contributed by atoms with Crippen LogP contribution in [0.25, 0.3) is 11.4 Å². The van der Waals surface area contributed by atoms with Crippen LogP contribution < -0.4 is 5.56 Å². The summed E-state index contributed by atoms with van der Waals surface area (Å²) in [4.78, 5) is 29.5. The number of fused-ring (bicyclic) bond motifs is 1. The fraction of sp³-hybridized carbons (Fsp3) is 0.222. The van der Waals surface area contributed by atoms with E-state index in [1.54, 1.807) is 12.4 Å². The van der Waals surface area contributed by atoms with Crippen LogP contribution in [-0.2, 0) is 19.5 Å². The summed E-state index contributed by atoms with van der Waals surface area (Å²) >= 11 is 5.90. The molecule has 0 fully saturated rings. The fourth-order valence-electron chi connectivity index (χ4n) is 3.11. The van der Waals surface area contributed by atoms with Crippen molar-refractivity contribution in [2.75, 3.05) is 6.54 Å². The third kappa shape index (κ3) is 3.45. The lowest BCUT2D eigenvalue weighted by Crippen LogP contribution is -2.35. The van der Waals surface area contributed by atoms with E-state index in [9.17, 15) is 13.6 Å². The number of halogens is 3. The zero-order valence-corrected chi connectivity index (χ0v) is 14.8. The summed E-state index contributed by atoms with van der Waals surface area (Å²) in [5, 5.41) is -0.229. The Kier molecular flexibility index (Phi) is 4.67. The SMILES string of the molecule is O=c1[nH]c(-c2cncnc2)nc2c1CN(Cc1c(F)ccc(F)c1Cl)CC2. The van der Waals surface area contributed by atoms with Gasteiger partial charge in [-0.1, -0.05) is 11.6 Å². The first-order chi connectivity index (χ1) is 13.0. The van der Waals surface area contributed by atoms with Gasteiger partial charge < -0.3 is 4.98 Å². The lowest BCUT2D eigenvalue weighted by atomic mass is 10.1. The Labute approximate surface area is 157 Å². The molecular formula is C18H14ClF2N5O. The van der Waals surface area contributed by atoms with E-state index in [0.29, 0.717) is 35.6 Å². The number of nitrogens with one attached hydrogen (secondary N) is 1. The maximum atomic E-state index is 14.0. The average molecular weight is 390 g/mol. The highest BCUT2D eigenvalue weighted by molar-refractivity contribution is 6.31. The normalized spacial score (nSPS) is 14.2. The van der Waals surface area contributed by atoms with Gasteiger partial charge in [0.2, 0.25) is 0 Å². The van der Waals surface area contributed by atoms with Crippen LogP contribution in [0, 0.1) is 11.6 Å². The summed E-state index contributed by atoms with van der Waals surface area (Å²) in [6.07, 6.45) is 5.05. The van der Waals surface area contributed by atoms with E-state index in [4.69, 9.17) is 11.6 Å². The zero-order valence-electron chi connectivity index (χ0n) is 14.0. The first-order valence-electron chi connectivity index (χ1n) is 8.25. The summed E-state index contributed by atoms with van der Waals surface area (Å²) < 4.78 is 27.7. The molecule has 6 nitrogen and oxygen atoms in total. The van der Waals surface area contributed by atoms with Gasteiger partial charge in [0, 0.05) is 44.0 Å². The van der Waals surface area contributed by atoms with Crippen molar-refractivity contribution in [2.45, 2.75) is 19.5 Å². The number of H-pyrrole nitrogens is 1. The minimum absolute atomic E-state index is 0.0857. The van der Waals surface area contributed by atoms with E-state index in [1.807, 2.05) is 4.90 Å². The first-order valence-corrected chi connectivity index (χ1v) is 8.63. The van der Waals surface area contributed by atoms with Gasteiger partial charge in [0.05, 0.1) is 21.8 Å². The molecule has 1 aliphatic rings. The Hall–Kier alpha value is -2.71. The van der Waals surface area contributed by atoms with Gasteiger partial charge in [0.1, 0.15) is 23.8 Å². The molecule has 0 aliphatic carbocycles. The number of hydrogen-bond acceptors (Lipinski definition) is 5. The summed E-state index contributed by atoms with van der Waals surface area (Å²) in [6.45, 7) is 0.922. The second-order valence-electron chi connectivity index (χ2n) is 6.25. The smallest absolute Gasteiger partial charge is 0.255 e. The van der Waals surface area contributed by atoms with Crippen molar-refractivity contribution in [2.24, 2.45) is 0 Å².